The summed E-state index contributed by atoms with van der Waals surface area (Å²) >= 11 is 6.32. The molecule has 21 heavy (non-hydrogen) atoms. The van der Waals surface area contributed by atoms with Crippen molar-refractivity contribution in [1.29, 1.82) is 0 Å². The second kappa shape index (κ2) is 7.00. The summed E-state index contributed by atoms with van der Waals surface area (Å²) in [5, 5.41) is 0.480. The Morgan fingerprint density at radius 3 is 2.67 bits per heavy atom. The lowest BCUT2D eigenvalue weighted by molar-refractivity contribution is 0.0526. The monoisotopic (exact) mass is 312 g/mol. The molecule has 0 amide bonds. The Morgan fingerprint density at radius 1 is 1.43 bits per heavy atom. The first-order chi connectivity index (χ1) is 10.1. The van der Waals surface area contributed by atoms with Crippen LogP contribution < -0.4 is 10.6 Å². The van der Waals surface area contributed by atoms with Gasteiger partial charge in [-0.2, -0.15) is 0 Å². The predicted molar refractivity (Wildman–Crippen MR) is 84.1 cm³/mol. The SMILES string of the molecule is CCOC(=O)c1cc(N)cc(Cl)c1N1CCC(OC)CC1. The van der Waals surface area contributed by atoms with Gasteiger partial charge in [0.1, 0.15) is 0 Å². The lowest BCUT2D eigenvalue weighted by atomic mass is 10.0. The lowest BCUT2D eigenvalue weighted by Crippen LogP contribution is -2.37. The van der Waals surface area contributed by atoms with Crippen LogP contribution in [0, 0.1) is 0 Å². The summed E-state index contributed by atoms with van der Waals surface area (Å²) in [4.78, 5) is 14.2. The molecule has 116 valence electrons. The maximum Gasteiger partial charge on any atom is 0.340 e. The Morgan fingerprint density at radius 2 is 2.10 bits per heavy atom. The van der Waals surface area contributed by atoms with Crippen molar-refractivity contribution >= 4 is 28.9 Å². The number of carbonyl (C=O) groups excluding carboxylic acids is 1. The summed E-state index contributed by atoms with van der Waals surface area (Å²) in [5.41, 5.74) is 7.40. The van der Waals surface area contributed by atoms with E-state index >= 15 is 0 Å². The van der Waals surface area contributed by atoms with Gasteiger partial charge in [0.05, 0.1) is 29.0 Å². The van der Waals surface area contributed by atoms with Crippen LogP contribution in [0.4, 0.5) is 11.4 Å². The lowest BCUT2D eigenvalue weighted by Gasteiger charge is -2.34. The first kappa shape index (κ1) is 15.9. The maximum atomic E-state index is 12.1. The van der Waals surface area contributed by atoms with Crippen molar-refractivity contribution in [3.63, 3.8) is 0 Å². The first-order valence-electron chi connectivity index (χ1n) is 7.10. The van der Waals surface area contributed by atoms with Crippen molar-refractivity contribution in [3.8, 4) is 0 Å². The van der Waals surface area contributed by atoms with Crippen molar-refractivity contribution in [2.45, 2.75) is 25.9 Å². The number of nitrogens with two attached hydrogens (primary N) is 1. The van der Waals surface area contributed by atoms with E-state index < -0.39 is 5.97 Å². The molecule has 1 aromatic carbocycles. The van der Waals surface area contributed by atoms with Gasteiger partial charge >= 0.3 is 5.97 Å². The number of rotatable bonds is 4. The summed E-state index contributed by atoms with van der Waals surface area (Å²) in [6, 6.07) is 3.30. The molecule has 1 heterocycles. The van der Waals surface area contributed by atoms with Crippen molar-refractivity contribution in [1.82, 2.24) is 0 Å². The van der Waals surface area contributed by atoms with E-state index in [-0.39, 0.29) is 6.10 Å². The topological polar surface area (TPSA) is 64.8 Å². The molecule has 5 nitrogen and oxygen atoms in total. The molecule has 0 aromatic heterocycles. The van der Waals surface area contributed by atoms with Crippen LogP contribution in [0.25, 0.3) is 0 Å². The molecule has 1 saturated heterocycles. The Labute approximate surface area is 130 Å². The van der Waals surface area contributed by atoms with Crippen molar-refractivity contribution < 1.29 is 14.3 Å². The summed E-state index contributed by atoms with van der Waals surface area (Å²) in [7, 11) is 1.72. The van der Waals surface area contributed by atoms with E-state index in [4.69, 9.17) is 26.8 Å². The number of benzene rings is 1. The van der Waals surface area contributed by atoms with Crippen LogP contribution in [-0.4, -0.2) is 38.9 Å². The van der Waals surface area contributed by atoms with E-state index in [0.29, 0.717) is 28.6 Å². The maximum absolute atomic E-state index is 12.1. The van der Waals surface area contributed by atoms with Gasteiger partial charge in [0.25, 0.3) is 0 Å². The average molecular weight is 313 g/mol. The molecule has 2 rings (SSSR count). The predicted octanol–water partition coefficient (Wildman–Crippen LogP) is 2.71. The van der Waals surface area contributed by atoms with Crippen LogP contribution in [0.3, 0.4) is 0 Å². The van der Waals surface area contributed by atoms with Crippen LogP contribution in [0.5, 0.6) is 0 Å². The van der Waals surface area contributed by atoms with Gasteiger partial charge in [-0.3, -0.25) is 0 Å². The number of hydrogen-bond donors (Lipinski definition) is 1. The van der Waals surface area contributed by atoms with E-state index in [9.17, 15) is 4.79 Å². The number of ether oxygens (including phenoxy) is 2. The van der Waals surface area contributed by atoms with Gasteiger partial charge in [0.2, 0.25) is 0 Å². The minimum absolute atomic E-state index is 0.264. The molecule has 6 heteroatoms. The molecule has 1 aromatic rings. The van der Waals surface area contributed by atoms with Crippen molar-refractivity contribution in [2.75, 3.05) is 37.4 Å². The number of hydrogen-bond acceptors (Lipinski definition) is 5. The fraction of sp³-hybridized carbons (Fsp3) is 0.533. The minimum Gasteiger partial charge on any atom is -0.462 e. The highest BCUT2D eigenvalue weighted by molar-refractivity contribution is 6.34. The van der Waals surface area contributed by atoms with E-state index in [0.717, 1.165) is 25.9 Å². The number of anilines is 2. The molecule has 0 spiro atoms. The second-order valence-electron chi connectivity index (χ2n) is 5.04. The summed E-state index contributed by atoms with van der Waals surface area (Å²) in [5.74, 6) is -0.393. The van der Waals surface area contributed by atoms with Gasteiger partial charge in [-0.15, -0.1) is 0 Å². The molecule has 1 fully saturated rings. The number of nitrogens with zero attached hydrogens (tertiary/aromatic N) is 1. The largest absolute Gasteiger partial charge is 0.462 e. The standard InChI is InChI=1S/C15H21ClN2O3/c1-3-21-15(19)12-8-10(17)9-13(16)14(12)18-6-4-11(20-2)5-7-18/h8-9,11H,3-7,17H2,1-2H3. The van der Waals surface area contributed by atoms with Gasteiger partial charge in [0.15, 0.2) is 0 Å². The minimum atomic E-state index is -0.393. The van der Waals surface area contributed by atoms with E-state index in [2.05, 4.69) is 4.90 Å². The summed E-state index contributed by atoms with van der Waals surface area (Å²) in [6.07, 6.45) is 2.07. The summed E-state index contributed by atoms with van der Waals surface area (Å²) < 4.78 is 10.5. The zero-order chi connectivity index (χ0) is 15.4. The van der Waals surface area contributed by atoms with Gasteiger partial charge in [0, 0.05) is 25.9 Å². The molecular formula is C15H21ClN2O3. The third-order valence-electron chi connectivity index (χ3n) is 3.67. The number of methoxy groups -OCH3 is 1. The highest BCUT2D eigenvalue weighted by atomic mass is 35.5. The van der Waals surface area contributed by atoms with Gasteiger partial charge in [-0.25, -0.2) is 4.79 Å². The number of piperidine rings is 1. The van der Waals surface area contributed by atoms with Gasteiger partial charge in [-0.05, 0) is 31.9 Å². The molecule has 1 aliphatic heterocycles. The van der Waals surface area contributed by atoms with Crippen LogP contribution in [-0.2, 0) is 9.47 Å². The van der Waals surface area contributed by atoms with Crippen LogP contribution in [0.2, 0.25) is 5.02 Å². The average Bonchev–Trinajstić information content (AvgIpc) is 2.47. The normalized spacial score (nSPS) is 16.0. The first-order valence-corrected chi connectivity index (χ1v) is 7.48. The molecule has 0 unspecified atom stereocenters. The number of nitrogen functional groups attached to an aromatic ring is 1. The molecule has 0 bridgehead atoms. The Bertz CT molecular complexity index is 514. The Balaban J connectivity index is 2.31. The van der Waals surface area contributed by atoms with E-state index in [1.165, 1.54) is 0 Å². The smallest absolute Gasteiger partial charge is 0.340 e. The zero-order valence-corrected chi connectivity index (χ0v) is 13.2. The number of esters is 1. The zero-order valence-electron chi connectivity index (χ0n) is 12.4. The number of halogens is 1. The third-order valence-corrected chi connectivity index (χ3v) is 3.96. The van der Waals surface area contributed by atoms with Gasteiger partial charge < -0.3 is 20.1 Å². The van der Waals surface area contributed by atoms with Crippen molar-refractivity contribution in [3.05, 3.63) is 22.7 Å². The molecule has 1 aliphatic rings. The molecule has 0 atom stereocenters. The molecule has 0 aliphatic carbocycles. The Hall–Kier alpha value is -1.46. The Kier molecular flexibility index (Phi) is 5.31. The highest BCUT2D eigenvalue weighted by Crippen LogP contribution is 2.35. The van der Waals surface area contributed by atoms with Crippen LogP contribution >= 0.6 is 11.6 Å². The molecule has 0 radical (unpaired) electrons. The fourth-order valence-electron chi connectivity index (χ4n) is 2.62. The fourth-order valence-corrected chi connectivity index (χ4v) is 2.97. The molecule has 0 saturated carbocycles. The number of carbonyl (C=O) groups is 1. The van der Waals surface area contributed by atoms with E-state index in [1.54, 1.807) is 26.2 Å². The second-order valence-corrected chi connectivity index (χ2v) is 5.45. The van der Waals surface area contributed by atoms with Crippen LogP contribution in [0.15, 0.2) is 12.1 Å². The third kappa shape index (κ3) is 3.60. The molecule has 2 N–H and O–H groups in total. The van der Waals surface area contributed by atoms with Crippen LogP contribution in [0.1, 0.15) is 30.1 Å². The van der Waals surface area contributed by atoms with Crippen molar-refractivity contribution in [2.24, 2.45) is 0 Å². The molecular weight excluding hydrogens is 292 g/mol. The summed E-state index contributed by atoms with van der Waals surface area (Å²) in [6.45, 7) is 3.66. The highest BCUT2D eigenvalue weighted by Gasteiger charge is 2.25. The quantitative estimate of drug-likeness (QED) is 0.684. The van der Waals surface area contributed by atoms with Gasteiger partial charge in [-0.1, -0.05) is 11.6 Å². The van der Waals surface area contributed by atoms with E-state index in [1.807, 2.05) is 0 Å².